The second-order valence-corrected chi connectivity index (χ2v) is 7.68. The molecular formula is C23H23ClN2O3S. The number of thiocarbonyl (C=S) groups is 1. The molecule has 0 saturated carbocycles. The fourth-order valence-corrected chi connectivity index (χ4v) is 3.56. The fourth-order valence-electron chi connectivity index (χ4n) is 3.03. The quantitative estimate of drug-likeness (QED) is 0.355. The number of rotatable bonds is 6. The van der Waals surface area contributed by atoms with Gasteiger partial charge in [-0.3, -0.25) is 19.4 Å². The Labute approximate surface area is 186 Å². The third-order valence-corrected chi connectivity index (χ3v) is 5.51. The minimum Gasteiger partial charge on any atom is -0.490 e. The van der Waals surface area contributed by atoms with E-state index in [0.29, 0.717) is 28.6 Å². The number of anilines is 1. The standard InChI is InChI=1S/C23H23ClN2O3S/c1-4-15(3)29-20-9-7-6-8-16(20)14-19-21(27)25(5-2)23(30)26(22(19)28)18-12-10-17(24)11-13-18/h6-15H,4-5H2,1-3H3/b19-14+/t15-/m1/s1. The highest BCUT2D eigenvalue weighted by Gasteiger charge is 2.39. The summed E-state index contributed by atoms with van der Waals surface area (Å²) in [6.07, 6.45) is 2.42. The van der Waals surface area contributed by atoms with Crippen LogP contribution in [-0.2, 0) is 9.59 Å². The van der Waals surface area contributed by atoms with Crippen LogP contribution in [0.2, 0.25) is 5.02 Å². The van der Waals surface area contributed by atoms with Crippen molar-refractivity contribution in [3.63, 3.8) is 0 Å². The van der Waals surface area contributed by atoms with Crippen LogP contribution in [-0.4, -0.2) is 34.5 Å². The molecule has 30 heavy (non-hydrogen) atoms. The molecule has 2 amide bonds. The minimum absolute atomic E-state index is 0.00703. The van der Waals surface area contributed by atoms with E-state index < -0.39 is 11.8 Å². The van der Waals surface area contributed by atoms with Crippen molar-refractivity contribution in [1.29, 1.82) is 0 Å². The Bertz CT molecular complexity index is 1000. The second-order valence-electron chi connectivity index (χ2n) is 6.88. The van der Waals surface area contributed by atoms with Crippen LogP contribution in [0.3, 0.4) is 0 Å². The van der Waals surface area contributed by atoms with E-state index in [-0.39, 0.29) is 16.8 Å². The van der Waals surface area contributed by atoms with Gasteiger partial charge < -0.3 is 4.74 Å². The largest absolute Gasteiger partial charge is 0.490 e. The van der Waals surface area contributed by atoms with Crippen molar-refractivity contribution in [2.45, 2.75) is 33.3 Å². The van der Waals surface area contributed by atoms with Gasteiger partial charge in [-0.15, -0.1) is 0 Å². The number of carbonyl (C=O) groups is 2. The molecule has 1 saturated heterocycles. The molecule has 0 bridgehead atoms. The molecule has 0 radical (unpaired) electrons. The van der Waals surface area contributed by atoms with E-state index in [1.165, 1.54) is 9.80 Å². The molecule has 0 spiro atoms. The van der Waals surface area contributed by atoms with Crippen molar-refractivity contribution in [2.24, 2.45) is 0 Å². The summed E-state index contributed by atoms with van der Waals surface area (Å²) < 4.78 is 5.97. The van der Waals surface area contributed by atoms with Gasteiger partial charge in [-0.05, 0) is 68.9 Å². The van der Waals surface area contributed by atoms with Gasteiger partial charge in [0.2, 0.25) is 0 Å². The van der Waals surface area contributed by atoms with Gasteiger partial charge >= 0.3 is 0 Å². The fraction of sp³-hybridized carbons (Fsp3) is 0.261. The summed E-state index contributed by atoms with van der Waals surface area (Å²) in [5, 5.41) is 0.695. The summed E-state index contributed by atoms with van der Waals surface area (Å²) in [5.41, 5.74) is 1.24. The van der Waals surface area contributed by atoms with Gasteiger partial charge in [0.25, 0.3) is 11.8 Å². The molecule has 0 aliphatic carbocycles. The van der Waals surface area contributed by atoms with Crippen LogP contribution in [0.4, 0.5) is 5.69 Å². The lowest BCUT2D eigenvalue weighted by atomic mass is 10.0. The van der Waals surface area contributed by atoms with E-state index in [9.17, 15) is 9.59 Å². The summed E-state index contributed by atoms with van der Waals surface area (Å²) >= 11 is 11.4. The predicted octanol–water partition coefficient (Wildman–Crippen LogP) is 5.08. The van der Waals surface area contributed by atoms with E-state index in [4.69, 9.17) is 28.6 Å². The first-order valence-electron chi connectivity index (χ1n) is 9.80. The number of amides is 2. The number of likely N-dealkylation sites (N-methyl/N-ethyl adjacent to an activating group) is 1. The van der Waals surface area contributed by atoms with Crippen LogP contribution >= 0.6 is 23.8 Å². The summed E-state index contributed by atoms with van der Waals surface area (Å²) in [7, 11) is 0. The molecule has 0 unspecified atom stereocenters. The van der Waals surface area contributed by atoms with Crippen molar-refractivity contribution in [3.05, 3.63) is 64.7 Å². The number of para-hydroxylation sites is 1. The zero-order chi connectivity index (χ0) is 21.8. The lowest BCUT2D eigenvalue weighted by Gasteiger charge is -2.36. The molecule has 0 N–H and O–H groups in total. The van der Waals surface area contributed by atoms with Gasteiger partial charge in [0.15, 0.2) is 5.11 Å². The summed E-state index contributed by atoms with van der Waals surface area (Å²) in [5.74, 6) is -0.277. The molecule has 1 aliphatic rings. The normalized spacial score (nSPS) is 16.9. The molecule has 0 aromatic heterocycles. The average Bonchev–Trinajstić information content (AvgIpc) is 2.74. The number of nitrogens with zero attached hydrogens (tertiary/aromatic N) is 2. The smallest absolute Gasteiger partial charge is 0.270 e. The Kier molecular flexibility index (Phi) is 6.90. The number of carbonyl (C=O) groups excluding carboxylic acids is 2. The first-order chi connectivity index (χ1) is 14.4. The molecule has 1 heterocycles. The lowest BCUT2D eigenvalue weighted by molar-refractivity contribution is -0.127. The monoisotopic (exact) mass is 442 g/mol. The van der Waals surface area contributed by atoms with Gasteiger partial charge in [-0.25, -0.2) is 0 Å². The zero-order valence-electron chi connectivity index (χ0n) is 17.1. The van der Waals surface area contributed by atoms with Crippen LogP contribution in [0.5, 0.6) is 5.75 Å². The molecular weight excluding hydrogens is 420 g/mol. The van der Waals surface area contributed by atoms with Gasteiger partial charge in [-0.1, -0.05) is 36.7 Å². The number of benzene rings is 2. The first kappa shape index (κ1) is 22.0. The molecule has 1 fully saturated rings. The highest BCUT2D eigenvalue weighted by Crippen LogP contribution is 2.29. The number of hydrogen-bond acceptors (Lipinski definition) is 4. The lowest BCUT2D eigenvalue weighted by Crippen LogP contribution is -2.56. The Morgan fingerprint density at radius 1 is 1.07 bits per heavy atom. The van der Waals surface area contributed by atoms with E-state index in [1.807, 2.05) is 45.0 Å². The topological polar surface area (TPSA) is 49.9 Å². The maximum Gasteiger partial charge on any atom is 0.270 e. The van der Waals surface area contributed by atoms with E-state index in [2.05, 4.69) is 0 Å². The van der Waals surface area contributed by atoms with Crippen LogP contribution < -0.4 is 9.64 Å². The molecule has 2 aromatic carbocycles. The van der Waals surface area contributed by atoms with Gasteiger partial charge in [0.05, 0.1) is 11.8 Å². The molecule has 2 aromatic rings. The van der Waals surface area contributed by atoms with Crippen LogP contribution in [0.15, 0.2) is 54.1 Å². The van der Waals surface area contributed by atoms with Crippen LogP contribution in [0.25, 0.3) is 6.08 Å². The number of halogens is 1. The average molecular weight is 443 g/mol. The van der Waals surface area contributed by atoms with E-state index in [1.54, 1.807) is 30.3 Å². The Morgan fingerprint density at radius 3 is 2.37 bits per heavy atom. The van der Waals surface area contributed by atoms with Crippen molar-refractivity contribution < 1.29 is 14.3 Å². The van der Waals surface area contributed by atoms with Crippen LogP contribution in [0.1, 0.15) is 32.8 Å². The zero-order valence-corrected chi connectivity index (χ0v) is 18.7. The number of hydrogen-bond donors (Lipinski definition) is 0. The Hall–Kier alpha value is -2.70. The highest BCUT2D eigenvalue weighted by atomic mass is 35.5. The van der Waals surface area contributed by atoms with Gasteiger partial charge in [0, 0.05) is 17.1 Å². The molecule has 3 rings (SSSR count). The van der Waals surface area contributed by atoms with E-state index in [0.717, 1.165) is 6.42 Å². The van der Waals surface area contributed by atoms with Crippen molar-refractivity contribution >= 4 is 52.5 Å². The maximum absolute atomic E-state index is 13.3. The molecule has 1 aliphatic heterocycles. The third kappa shape index (κ3) is 4.40. The number of ether oxygens (including phenoxy) is 1. The van der Waals surface area contributed by atoms with Crippen molar-refractivity contribution in [1.82, 2.24) is 4.90 Å². The van der Waals surface area contributed by atoms with Gasteiger partial charge in [0.1, 0.15) is 11.3 Å². The summed E-state index contributed by atoms with van der Waals surface area (Å²) in [4.78, 5) is 29.2. The maximum atomic E-state index is 13.3. The van der Waals surface area contributed by atoms with Crippen LogP contribution in [0, 0.1) is 0 Å². The molecule has 1 atom stereocenters. The first-order valence-corrected chi connectivity index (χ1v) is 10.6. The van der Waals surface area contributed by atoms with Crippen molar-refractivity contribution in [2.75, 3.05) is 11.4 Å². The predicted molar refractivity (Wildman–Crippen MR) is 124 cm³/mol. The minimum atomic E-state index is -0.477. The molecule has 7 heteroatoms. The van der Waals surface area contributed by atoms with Gasteiger partial charge in [-0.2, -0.15) is 0 Å². The molecule has 156 valence electrons. The summed E-state index contributed by atoms with van der Waals surface area (Å²) in [6, 6.07) is 14.1. The SMILES string of the molecule is CC[C@@H](C)Oc1ccccc1/C=C1\C(=O)N(CC)C(=S)N(c2ccc(Cl)cc2)C1=O. The molecule has 5 nitrogen and oxygen atoms in total. The Morgan fingerprint density at radius 2 is 1.73 bits per heavy atom. The highest BCUT2D eigenvalue weighted by molar-refractivity contribution is 7.80. The van der Waals surface area contributed by atoms with Crippen molar-refractivity contribution in [3.8, 4) is 5.75 Å². The second kappa shape index (κ2) is 9.41. The van der Waals surface area contributed by atoms with E-state index >= 15 is 0 Å². The Balaban J connectivity index is 2.07. The third-order valence-electron chi connectivity index (χ3n) is 4.85. The summed E-state index contributed by atoms with van der Waals surface area (Å²) in [6.45, 7) is 6.17.